The van der Waals surface area contributed by atoms with Crippen LogP contribution >= 0.6 is 11.3 Å². The van der Waals surface area contributed by atoms with E-state index >= 15 is 0 Å². The lowest BCUT2D eigenvalue weighted by atomic mass is 9.93. The third-order valence-corrected chi connectivity index (χ3v) is 6.20. The number of rotatable bonds is 4. The largest absolute Gasteiger partial charge is 0.352 e. The molecule has 0 radical (unpaired) electrons. The minimum Gasteiger partial charge on any atom is -0.352 e. The first-order valence-corrected chi connectivity index (χ1v) is 10.5. The number of thiazole rings is 1. The van der Waals surface area contributed by atoms with Gasteiger partial charge in [0.2, 0.25) is 0 Å². The summed E-state index contributed by atoms with van der Waals surface area (Å²) in [5, 5.41) is 10.3. The molecule has 3 rings (SSSR count). The quantitative estimate of drug-likeness (QED) is 0.637. The van der Waals surface area contributed by atoms with Crippen molar-refractivity contribution in [2.45, 2.75) is 76.9 Å². The molecule has 1 atom stereocenters. The van der Waals surface area contributed by atoms with Crippen LogP contribution < -0.4 is 10.6 Å². The molecular formula is C19H33N5S. The highest BCUT2D eigenvalue weighted by Crippen LogP contribution is 2.26. The molecule has 1 aromatic heterocycles. The molecule has 0 aromatic carbocycles. The topological polar surface area (TPSA) is 52.6 Å². The number of guanidine groups is 1. The van der Waals surface area contributed by atoms with Gasteiger partial charge in [0.25, 0.3) is 0 Å². The number of hydrogen-bond acceptors (Lipinski definition) is 4. The SMILES string of the molecule is CN=C(NCc1nc(C(C)(C)C)cs1)NC1CCN(C2CCCC2)C1. The fourth-order valence-corrected chi connectivity index (χ4v) is 4.75. The summed E-state index contributed by atoms with van der Waals surface area (Å²) in [6.45, 7) is 9.72. The Kier molecular flexibility index (Phi) is 6.00. The van der Waals surface area contributed by atoms with E-state index in [1.54, 1.807) is 11.3 Å². The van der Waals surface area contributed by atoms with Crippen molar-refractivity contribution in [2.24, 2.45) is 4.99 Å². The predicted octanol–water partition coefficient (Wildman–Crippen LogP) is 3.12. The van der Waals surface area contributed by atoms with E-state index in [-0.39, 0.29) is 5.41 Å². The third-order valence-electron chi connectivity index (χ3n) is 5.35. The number of likely N-dealkylation sites (tertiary alicyclic amines) is 1. The van der Waals surface area contributed by atoms with Gasteiger partial charge in [0.05, 0.1) is 12.2 Å². The Morgan fingerprint density at radius 1 is 1.32 bits per heavy atom. The number of hydrogen-bond donors (Lipinski definition) is 2. The molecule has 2 N–H and O–H groups in total. The van der Waals surface area contributed by atoms with E-state index in [1.807, 2.05) is 7.05 Å². The summed E-state index contributed by atoms with van der Waals surface area (Å²) >= 11 is 1.72. The molecule has 2 heterocycles. The van der Waals surface area contributed by atoms with Gasteiger partial charge in [0.15, 0.2) is 5.96 Å². The summed E-state index contributed by atoms with van der Waals surface area (Å²) < 4.78 is 0. The molecule has 1 aliphatic carbocycles. The van der Waals surface area contributed by atoms with Crippen LogP contribution in [-0.2, 0) is 12.0 Å². The molecule has 5 nitrogen and oxygen atoms in total. The third kappa shape index (κ3) is 4.94. The highest BCUT2D eigenvalue weighted by molar-refractivity contribution is 7.09. The van der Waals surface area contributed by atoms with Crippen molar-refractivity contribution in [3.63, 3.8) is 0 Å². The van der Waals surface area contributed by atoms with Gasteiger partial charge in [-0.25, -0.2) is 4.98 Å². The maximum atomic E-state index is 4.75. The Hall–Kier alpha value is -1.14. The van der Waals surface area contributed by atoms with Crippen molar-refractivity contribution in [1.29, 1.82) is 0 Å². The van der Waals surface area contributed by atoms with Crippen LogP contribution in [0.4, 0.5) is 0 Å². The molecule has 1 saturated heterocycles. The van der Waals surface area contributed by atoms with Gasteiger partial charge in [-0.15, -0.1) is 11.3 Å². The number of nitrogens with zero attached hydrogens (tertiary/aromatic N) is 3. The van der Waals surface area contributed by atoms with Gasteiger partial charge in [-0.05, 0) is 19.3 Å². The average Bonchev–Trinajstić information content (AvgIpc) is 3.30. The highest BCUT2D eigenvalue weighted by Gasteiger charge is 2.30. The maximum Gasteiger partial charge on any atom is 0.191 e. The highest BCUT2D eigenvalue weighted by atomic mass is 32.1. The van der Waals surface area contributed by atoms with Crippen molar-refractivity contribution < 1.29 is 0 Å². The van der Waals surface area contributed by atoms with Gasteiger partial charge < -0.3 is 10.6 Å². The first-order chi connectivity index (χ1) is 12.0. The van der Waals surface area contributed by atoms with E-state index in [4.69, 9.17) is 4.98 Å². The molecule has 25 heavy (non-hydrogen) atoms. The molecule has 1 aromatic rings. The second-order valence-electron chi connectivity index (χ2n) is 8.37. The molecule has 0 bridgehead atoms. The van der Waals surface area contributed by atoms with Crippen molar-refractivity contribution in [2.75, 3.05) is 20.1 Å². The summed E-state index contributed by atoms with van der Waals surface area (Å²) in [7, 11) is 1.85. The molecule has 1 aliphatic heterocycles. The lowest BCUT2D eigenvalue weighted by Crippen LogP contribution is -2.45. The Morgan fingerprint density at radius 3 is 2.72 bits per heavy atom. The van der Waals surface area contributed by atoms with E-state index in [0.29, 0.717) is 6.04 Å². The standard InChI is InChI=1S/C19H33N5S/c1-19(2,3)16-13-25-17(23-16)11-21-18(20-4)22-14-9-10-24(12-14)15-7-5-6-8-15/h13-15H,5-12H2,1-4H3,(H2,20,21,22). The van der Waals surface area contributed by atoms with Gasteiger partial charge in [-0.3, -0.25) is 9.89 Å². The van der Waals surface area contributed by atoms with Crippen LogP contribution in [0.5, 0.6) is 0 Å². The molecular weight excluding hydrogens is 330 g/mol. The van der Waals surface area contributed by atoms with Crippen LogP contribution in [0.25, 0.3) is 0 Å². The Labute approximate surface area is 156 Å². The lowest BCUT2D eigenvalue weighted by molar-refractivity contribution is 0.242. The molecule has 2 aliphatic rings. The van der Waals surface area contributed by atoms with Gasteiger partial charge in [0.1, 0.15) is 5.01 Å². The zero-order valence-electron chi connectivity index (χ0n) is 16.1. The zero-order valence-corrected chi connectivity index (χ0v) is 17.0. The molecule has 0 amide bonds. The number of aromatic nitrogens is 1. The van der Waals surface area contributed by atoms with Gasteiger partial charge in [-0.1, -0.05) is 33.6 Å². The average molecular weight is 364 g/mol. The second kappa shape index (κ2) is 8.04. The fraction of sp³-hybridized carbons (Fsp3) is 0.789. The van der Waals surface area contributed by atoms with E-state index in [0.717, 1.165) is 30.1 Å². The minimum absolute atomic E-state index is 0.113. The molecule has 1 saturated carbocycles. The first kappa shape index (κ1) is 18.6. The zero-order chi connectivity index (χ0) is 17.9. The van der Waals surface area contributed by atoms with Crippen LogP contribution in [0.15, 0.2) is 10.4 Å². The van der Waals surface area contributed by atoms with Crippen LogP contribution in [0.1, 0.15) is 63.6 Å². The van der Waals surface area contributed by atoms with Gasteiger partial charge in [0, 0.05) is 43.0 Å². The Bertz CT molecular complexity index is 583. The van der Waals surface area contributed by atoms with Crippen molar-refractivity contribution in [3.8, 4) is 0 Å². The van der Waals surface area contributed by atoms with Crippen LogP contribution in [0.2, 0.25) is 0 Å². The van der Waals surface area contributed by atoms with Gasteiger partial charge >= 0.3 is 0 Å². The Morgan fingerprint density at radius 2 is 2.08 bits per heavy atom. The predicted molar refractivity (Wildman–Crippen MR) is 106 cm³/mol. The van der Waals surface area contributed by atoms with Crippen molar-refractivity contribution in [1.82, 2.24) is 20.5 Å². The number of nitrogens with one attached hydrogen (secondary N) is 2. The summed E-state index contributed by atoms with van der Waals surface area (Å²) in [5.74, 6) is 0.894. The first-order valence-electron chi connectivity index (χ1n) is 9.62. The summed E-state index contributed by atoms with van der Waals surface area (Å²) in [6, 6.07) is 1.33. The smallest absolute Gasteiger partial charge is 0.191 e. The fourth-order valence-electron chi connectivity index (χ4n) is 3.79. The van der Waals surface area contributed by atoms with Gasteiger partial charge in [-0.2, -0.15) is 0 Å². The molecule has 0 spiro atoms. The van der Waals surface area contributed by atoms with E-state index in [2.05, 4.69) is 46.7 Å². The number of aliphatic imine (C=N–C) groups is 1. The molecule has 140 valence electrons. The molecule has 2 fully saturated rings. The van der Waals surface area contributed by atoms with Crippen LogP contribution in [0, 0.1) is 0 Å². The second-order valence-corrected chi connectivity index (χ2v) is 9.31. The summed E-state index contributed by atoms with van der Waals surface area (Å²) in [5.41, 5.74) is 1.28. The monoisotopic (exact) mass is 363 g/mol. The van der Waals surface area contributed by atoms with Crippen LogP contribution in [0.3, 0.4) is 0 Å². The van der Waals surface area contributed by atoms with Crippen molar-refractivity contribution in [3.05, 3.63) is 16.1 Å². The normalized spacial score (nSPS) is 23.4. The summed E-state index contributed by atoms with van der Waals surface area (Å²) in [4.78, 5) is 11.8. The summed E-state index contributed by atoms with van der Waals surface area (Å²) in [6.07, 6.45) is 6.81. The van der Waals surface area contributed by atoms with E-state index in [1.165, 1.54) is 44.3 Å². The van der Waals surface area contributed by atoms with Crippen molar-refractivity contribution >= 4 is 17.3 Å². The lowest BCUT2D eigenvalue weighted by Gasteiger charge is -2.24. The van der Waals surface area contributed by atoms with E-state index < -0.39 is 0 Å². The van der Waals surface area contributed by atoms with E-state index in [9.17, 15) is 0 Å². The Balaban J connectivity index is 1.46. The molecule has 1 unspecified atom stereocenters. The van der Waals surface area contributed by atoms with Crippen LogP contribution in [-0.4, -0.2) is 48.1 Å². The molecule has 6 heteroatoms. The maximum absolute atomic E-state index is 4.75. The minimum atomic E-state index is 0.113.